The largest absolute Gasteiger partial charge is 0.234 e. The Hall–Kier alpha value is -1.33. The van der Waals surface area contributed by atoms with Crippen molar-refractivity contribution in [1.29, 1.82) is 0 Å². The molecule has 0 amide bonds. The van der Waals surface area contributed by atoms with E-state index in [9.17, 15) is 4.79 Å². The van der Waals surface area contributed by atoms with Crippen LogP contribution in [0.2, 0.25) is 0 Å². The predicted octanol–water partition coefficient (Wildman–Crippen LogP) is 2.06. The van der Waals surface area contributed by atoms with E-state index in [1.54, 1.807) is 18.1 Å². The molecule has 0 saturated heterocycles. The summed E-state index contributed by atoms with van der Waals surface area (Å²) in [5, 5.41) is 0. The Kier molecular flexibility index (Phi) is 6.65. The zero-order valence-corrected chi connectivity index (χ0v) is 5.95. The van der Waals surface area contributed by atoms with Crippen molar-refractivity contribution < 1.29 is 4.79 Å². The van der Waals surface area contributed by atoms with Gasteiger partial charge in [0, 0.05) is 6.08 Å². The van der Waals surface area contributed by atoms with Crippen molar-refractivity contribution in [2.45, 2.75) is 6.92 Å². The van der Waals surface area contributed by atoms with Gasteiger partial charge in [-0.05, 0) is 6.92 Å². The maximum atomic E-state index is 9.62. The number of allylic oxidation sites excluding steroid dienone is 7. The van der Waals surface area contributed by atoms with Crippen LogP contribution in [0.1, 0.15) is 6.92 Å². The van der Waals surface area contributed by atoms with Crippen LogP contribution in [-0.4, -0.2) is 5.94 Å². The smallest absolute Gasteiger partial charge is 0.124 e. The van der Waals surface area contributed by atoms with Crippen LogP contribution in [0.3, 0.4) is 0 Å². The highest BCUT2D eigenvalue weighted by Crippen LogP contribution is 1.78. The van der Waals surface area contributed by atoms with E-state index in [2.05, 4.69) is 0 Å². The van der Waals surface area contributed by atoms with E-state index in [1.165, 1.54) is 6.08 Å². The Morgan fingerprint density at radius 1 is 1.00 bits per heavy atom. The monoisotopic (exact) mass is 134 g/mol. The predicted molar refractivity (Wildman–Crippen MR) is 43.4 cm³/mol. The first-order valence-corrected chi connectivity index (χ1v) is 3.07. The van der Waals surface area contributed by atoms with Gasteiger partial charge in [0.15, 0.2) is 0 Å². The Morgan fingerprint density at radius 3 is 2.20 bits per heavy atom. The van der Waals surface area contributed by atoms with Crippen molar-refractivity contribution in [2.24, 2.45) is 0 Å². The fraction of sp³-hybridized carbons (Fsp3) is 0.111. The fourth-order valence-electron chi connectivity index (χ4n) is 0.398. The third-order valence-corrected chi connectivity index (χ3v) is 0.801. The minimum Gasteiger partial charge on any atom is -0.234 e. The van der Waals surface area contributed by atoms with E-state index in [0.29, 0.717) is 0 Å². The highest BCUT2D eigenvalue weighted by Gasteiger charge is 1.59. The third-order valence-electron chi connectivity index (χ3n) is 0.801. The molecule has 0 aliphatic heterocycles. The van der Waals surface area contributed by atoms with Crippen LogP contribution >= 0.6 is 0 Å². The van der Waals surface area contributed by atoms with Gasteiger partial charge < -0.3 is 0 Å². The van der Waals surface area contributed by atoms with Gasteiger partial charge in [-0.2, -0.15) is 0 Å². The topological polar surface area (TPSA) is 17.1 Å². The Bertz CT molecular complexity index is 191. The third kappa shape index (κ3) is 6.67. The quantitative estimate of drug-likeness (QED) is 0.426. The summed E-state index contributed by atoms with van der Waals surface area (Å²) in [6.07, 6.45) is 12.3. The van der Waals surface area contributed by atoms with Crippen LogP contribution in [0.15, 0.2) is 42.5 Å². The number of hydrogen-bond acceptors (Lipinski definition) is 1. The summed E-state index contributed by atoms with van der Waals surface area (Å²) in [7, 11) is 0. The number of rotatable bonds is 3. The van der Waals surface area contributed by atoms with Crippen LogP contribution < -0.4 is 0 Å². The maximum Gasteiger partial charge on any atom is 0.124 e. The molecule has 0 spiro atoms. The minimum atomic E-state index is 1.32. The molecule has 10 heavy (non-hydrogen) atoms. The Morgan fingerprint density at radius 2 is 1.60 bits per heavy atom. The van der Waals surface area contributed by atoms with Crippen LogP contribution in [0.25, 0.3) is 0 Å². The van der Waals surface area contributed by atoms with E-state index >= 15 is 0 Å². The molecular formula is C9H10O. The molecule has 0 heterocycles. The van der Waals surface area contributed by atoms with E-state index in [1.807, 2.05) is 31.2 Å². The Balaban J connectivity index is 3.61. The molecule has 0 saturated carbocycles. The summed E-state index contributed by atoms with van der Waals surface area (Å²) in [6, 6.07) is 0. The van der Waals surface area contributed by atoms with Crippen molar-refractivity contribution in [2.75, 3.05) is 0 Å². The number of hydrogen-bond donors (Lipinski definition) is 0. The lowest BCUT2D eigenvalue weighted by Gasteiger charge is -1.68. The molecule has 0 rings (SSSR count). The van der Waals surface area contributed by atoms with E-state index in [-0.39, 0.29) is 0 Å². The van der Waals surface area contributed by atoms with Gasteiger partial charge in [0.05, 0.1) is 0 Å². The highest BCUT2D eigenvalue weighted by atomic mass is 16.1. The maximum absolute atomic E-state index is 9.62. The van der Waals surface area contributed by atoms with E-state index in [0.717, 1.165) is 0 Å². The van der Waals surface area contributed by atoms with Gasteiger partial charge >= 0.3 is 0 Å². The summed E-state index contributed by atoms with van der Waals surface area (Å²) in [6.45, 7) is 1.94. The molecule has 0 atom stereocenters. The molecule has 0 N–H and O–H groups in total. The SMILES string of the molecule is CC=CC=CC=CC=C=O. The van der Waals surface area contributed by atoms with Gasteiger partial charge in [-0.15, -0.1) is 0 Å². The molecule has 1 heteroatoms. The molecule has 52 valence electrons. The van der Waals surface area contributed by atoms with Gasteiger partial charge in [-0.3, -0.25) is 0 Å². The lowest BCUT2D eigenvalue weighted by atomic mass is 10.4. The van der Waals surface area contributed by atoms with Gasteiger partial charge in [0.2, 0.25) is 0 Å². The lowest BCUT2D eigenvalue weighted by Crippen LogP contribution is -1.50. The zero-order chi connectivity index (χ0) is 7.66. The van der Waals surface area contributed by atoms with Gasteiger partial charge in [-0.1, -0.05) is 36.5 Å². The van der Waals surface area contributed by atoms with E-state index < -0.39 is 0 Å². The van der Waals surface area contributed by atoms with Crippen molar-refractivity contribution in [3.8, 4) is 0 Å². The molecular weight excluding hydrogens is 124 g/mol. The van der Waals surface area contributed by atoms with Crippen molar-refractivity contribution in [3.63, 3.8) is 0 Å². The first kappa shape index (κ1) is 8.67. The molecule has 0 aromatic heterocycles. The highest BCUT2D eigenvalue weighted by molar-refractivity contribution is 5.48. The molecule has 0 bridgehead atoms. The van der Waals surface area contributed by atoms with Gasteiger partial charge in [-0.25, -0.2) is 4.79 Å². The summed E-state index contributed by atoms with van der Waals surface area (Å²) in [5.41, 5.74) is 0. The van der Waals surface area contributed by atoms with Crippen molar-refractivity contribution in [3.05, 3.63) is 42.5 Å². The standard InChI is InChI=1S/C9H10O/c1-2-3-4-5-6-7-8-9-10/h2-8H,1H3. The van der Waals surface area contributed by atoms with Crippen molar-refractivity contribution >= 4 is 5.94 Å². The second-order valence-electron chi connectivity index (χ2n) is 1.58. The summed E-state index contributed by atoms with van der Waals surface area (Å²) in [5.74, 6) is 1.64. The average molecular weight is 134 g/mol. The van der Waals surface area contributed by atoms with Crippen LogP contribution in [0.5, 0.6) is 0 Å². The molecule has 0 aromatic carbocycles. The van der Waals surface area contributed by atoms with Crippen molar-refractivity contribution in [1.82, 2.24) is 0 Å². The summed E-state index contributed by atoms with van der Waals surface area (Å²) < 4.78 is 0. The van der Waals surface area contributed by atoms with Gasteiger partial charge in [0.1, 0.15) is 5.94 Å². The molecule has 0 aliphatic carbocycles. The van der Waals surface area contributed by atoms with Gasteiger partial charge in [0.25, 0.3) is 0 Å². The first-order valence-electron chi connectivity index (χ1n) is 3.07. The summed E-state index contributed by atoms with van der Waals surface area (Å²) >= 11 is 0. The zero-order valence-electron chi connectivity index (χ0n) is 5.95. The second kappa shape index (κ2) is 7.67. The molecule has 1 nitrogen and oxygen atoms in total. The lowest BCUT2D eigenvalue weighted by molar-refractivity contribution is 0.569. The fourth-order valence-corrected chi connectivity index (χ4v) is 0.398. The molecule has 0 radical (unpaired) electrons. The molecule has 0 fully saturated rings. The molecule has 0 aliphatic rings. The molecule has 0 aromatic rings. The normalized spacial score (nSPS) is 11.3. The second-order valence-corrected chi connectivity index (χ2v) is 1.58. The van der Waals surface area contributed by atoms with Crippen LogP contribution in [-0.2, 0) is 4.79 Å². The van der Waals surface area contributed by atoms with Crippen LogP contribution in [0.4, 0.5) is 0 Å². The minimum absolute atomic E-state index is 1.32. The Labute approximate surface area is 61.1 Å². The van der Waals surface area contributed by atoms with E-state index in [4.69, 9.17) is 0 Å². The van der Waals surface area contributed by atoms with Crippen LogP contribution in [0, 0.1) is 0 Å². The average Bonchev–Trinajstić information content (AvgIpc) is 1.97. The summed E-state index contributed by atoms with van der Waals surface area (Å²) in [4.78, 5) is 9.62. The molecule has 0 unspecified atom stereocenters. The number of carbonyl (C=O) groups excluding carboxylic acids is 1. The first-order chi connectivity index (χ1) is 4.91.